The molecular formula is C17H20ClN3. The second-order valence-corrected chi connectivity index (χ2v) is 5.97. The number of benzene rings is 1. The summed E-state index contributed by atoms with van der Waals surface area (Å²) in [5, 5.41) is 4.04. The minimum Gasteiger partial charge on any atom is -0.366 e. The lowest BCUT2D eigenvalue weighted by Crippen LogP contribution is -2.35. The monoisotopic (exact) mass is 301 g/mol. The Hall–Kier alpha value is -1.58. The van der Waals surface area contributed by atoms with Gasteiger partial charge in [-0.05, 0) is 31.0 Å². The van der Waals surface area contributed by atoms with Crippen LogP contribution in [0, 0.1) is 0 Å². The third kappa shape index (κ3) is 3.55. The van der Waals surface area contributed by atoms with E-state index >= 15 is 0 Å². The first kappa shape index (κ1) is 14.4. The number of aromatic nitrogens is 1. The third-order valence-corrected chi connectivity index (χ3v) is 4.37. The van der Waals surface area contributed by atoms with Crippen LogP contribution in [0.15, 0.2) is 48.5 Å². The summed E-state index contributed by atoms with van der Waals surface area (Å²) in [7, 11) is 0. The molecule has 1 N–H and O–H groups in total. The molecule has 0 bridgehead atoms. The van der Waals surface area contributed by atoms with E-state index in [1.54, 1.807) is 6.07 Å². The number of anilines is 1. The van der Waals surface area contributed by atoms with Crippen molar-refractivity contribution in [1.29, 1.82) is 0 Å². The lowest BCUT2D eigenvalue weighted by atomic mass is 10.1. The number of hydrogen-bond donors (Lipinski definition) is 1. The van der Waals surface area contributed by atoms with Crippen molar-refractivity contribution in [1.82, 2.24) is 9.88 Å². The van der Waals surface area contributed by atoms with E-state index < -0.39 is 0 Å². The molecule has 1 fully saturated rings. The van der Waals surface area contributed by atoms with Gasteiger partial charge in [0.15, 0.2) is 0 Å². The second kappa shape index (κ2) is 6.46. The van der Waals surface area contributed by atoms with Crippen LogP contribution in [0.3, 0.4) is 0 Å². The highest BCUT2D eigenvalue weighted by molar-refractivity contribution is 6.29. The minimum absolute atomic E-state index is 0.416. The van der Waals surface area contributed by atoms with E-state index in [0.29, 0.717) is 17.2 Å². The number of rotatable bonds is 4. The van der Waals surface area contributed by atoms with Crippen molar-refractivity contribution in [3.05, 3.63) is 59.2 Å². The molecule has 2 aromatic rings. The molecule has 0 radical (unpaired) electrons. The zero-order valence-electron chi connectivity index (χ0n) is 12.2. The van der Waals surface area contributed by atoms with Gasteiger partial charge in [0.05, 0.1) is 0 Å². The molecule has 1 aromatic carbocycles. The Labute approximate surface area is 131 Å². The van der Waals surface area contributed by atoms with Crippen molar-refractivity contribution in [3.8, 4) is 0 Å². The van der Waals surface area contributed by atoms with Crippen LogP contribution >= 0.6 is 11.6 Å². The van der Waals surface area contributed by atoms with Gasteiger partial charge in [-0.2, -0.15) is 0 Å². The molecule has 1 aliphatic heterocycles. The molecule has 1 aliphatic rings. The highest BCUT2D eigenvalue weighted by Gasteiger charge is 2.30. The Morgan fingerprint density at radius 1 is 1.19 bits per heavy atom. The maximum atomic E-state index is 5.94. The van der Waals surface area contributed by atoms with Crippen LogP contribution in [0.4, 0.5) is 5.82 Å². The highest BCUT2D eigenvalue weighted by atomic mass is 35.5. The van der Waals surface area contributed by atoms with Gasteiger partial charge in [0, 0.05) is 25.2 Å². The summed E-state index contributed by atoms with van der Waals surface area (Å²) in [5.74, 6) is 0.862. The van der Waals surface area contributed by atoms with Crippen molar-refractivity contribution in [2.24, 2.45) is 0 Å². The summed E-state index contributed by atoms with van der Waals surface area (Å²) in [6.45, 7) is 4.38. The van der Waals surface area contributed by atoms with Gasteiger partial charge in [-0.1, -0.05) is 48.0 Å². The van der Waals surface area contributed by atoms with Crippen LogP contribution in [-0.2, 0) is 6.54 Å². The fourth-order valence-corrected chi connectivity index (χ4v) is 3.08. The molecule has 21 heavy (non-hydrogen) atoms. The lowest BCUT2D eigenvalue weighted by Gasteiger charge is -2.25. The standard InChI is InChI=1S/C17H20ClN3/c1-13-15(19-17-9-5-8-16(18)20-17)10-11-21(13)12-14-6-3-2-4-7-14/h2-9,13,15H,10-12H2,1H3,(H,19,20). The van der Waals surface area contributed by atoms with Crippen LogP contribution in [0.2, 0.25) is 5.15 Å². The molecule has 1 aromatic heterocycles. The zero-order valence-corrected chi connectivity index (χ0v) is 12.9. The number of nitrogens with one attached hydrogen (secondary N) is 1. The summed E-state index contributed by atoms with van der Waals surface area (Å²) in [6.07, 6.45) is 1.13. The molecule has 2 atom stereocenters. The summed E-state index contributed by atoms with van der Waals surface area (Å²) < 4.78 is 0. The first-order valence-corrected chi connectivity index (χ1v) is 7.77. The summed E-state index contributed by atoms with van der Waals surface area (Å²) >= 11 is 5.94. The molecule has 1 saturated heterocycles. The molecule has 110 valence electrons. The average Bonchev–Trinajstić information content (AvgIpc) is 2.82. The van der Waals surface area contributed by atoms with Crippen molar-refractivity contribution in [2.45, 2.75) is 32.0 Å². The minimum atomic E-state index is 0.416. The van der Waals surface area contributed by atoms with Crippen molar-refractivity contribution in [3.63, 3.8) is 0 Å². The maximum Gasteiger partial charge on any atom is 0.131 e. The Bertz CT molecular complexity index is 588. The van der Waals surface area contributed by atoms with Crippen LogP contribution in [-0.4, -0.2) is 28.5 Å². The molecule has 3 nitrogen and oxygen atoms in total. The largest absolute Gasteiger partial charge is 0.366 e. The molecule has 2 heterocycles. The van der Waals surface area contributed by atoms with Gasteiger partial charge in [0.1, 0.15) is 11.0 Å². The predicted molar refractivity (Wildman–Crippen MR) is 87.6 cm³/mol. The maximum absolute atomic E-state index is 5.94. The van der Waals surface area contributed by atoms with Gasteiger partial charge in [-0.15, -0.1) is 0 Å². The van der Waals surface area contributed by atoms with E-state index in [4.69, 9.17) is 11.6 Å². The van der Waals surface area contributed by atoms with Crippen molar-refractivity contribution < 1.29 is 0 Å². The first-order valence-electron chi connectivity index (χ1n) is 7.39. The van der Waals surface area contributed by atoms with Gasteiger partial charge in [0.2, 0.25) is 0 Å². The number of hydrogen-bond acceptors (Lipinski definition) is 3. The molecule has 3 rings (SSSR count). The van der Waals surface area contributed by atoms with Gasteiger partial charge in [-0.3, -0.25) is 4.90 Å². The van der Waals surface area contributed by atoms with Gasteiger partial charge >= 0.3 is 0 Å². The van der Waals surface area contributed by atoms with E-state index in [9.17, 15) is 0 Å². The quantitative estimate of drug-likeness (QED) is 0.870. The van der Waals surface area contributed by atoms with E-state index in [1.807, 2.05) is 12.1 Å². The van der Waals surface area contributed by atoms with Crippen molar-refractivity contribution in [2.75, 3.05) is 11.9 Å². The van der Waals surface area contributed by atoms with E-state index in [2.05, 4.69) is 52.5 Å². The highest BCUT2D eigenvalue weighted by Crippen LogP contribution is 2.23. The number of likely N-dealkylation sites (tertiary alicyclic amines) is 1. The topological polar surface area (TPSA) is 28.2 Å². The van der Waals surface area contributed by atoms with Crippen LogP contribution < -0.4 is 5.32 Å². The molecule has 2 unspecified atom stereocenters. The Balaban J connectivity index is 1.62. The first-order chi connectivity index (χ1) is 10.2. The van der Waals surface area contributed by atoms with E-state index in [0.717, 1.165) is 25.3 Å². The van der Waals surface area contributed by atoms with E-state index in [1.165, 1.54) is 5.56 Å². The Kier molecular flexibility index (Phi) is 4.42. The number of nitrogens with zero attached hydrogens (tertiary/aromatic N) is 2. The normalized spacial score (nSPS) is 22.4. The predicted octanol–water partition coefficient (Wildman–Crippen LogP) is 3.81. The Morgan fingerprint density at radius 3 is 2.76 bits per heavy atom. The molecule has 0 aliphatic carbocycles. The smallest absolute Gasteiger partial charge is 0.131 e. The SMILES string of the molecule is CC1C(Nc2cccc(Cl)n2)CCN1Cc1ccccc1. The van der Waals surface area contributed by atoms with Crippen molar-refractivity contribution >= 4 is 17.4 Å². The fourth-order valence-electron chi connectivity index (χ4n) is 2.92. The molecule has 0 saturated carbocycles. The second-order valence-electron chi connectivity index (χ2n) is 5.58. The number of pyridine rings is 1. The summed E-state index contributed by atoms with van der Waals surface area (Å²) in [4.78, 5) is 6.83. The van der Waals surface area contributed by atoms with Gasteiger partial charge in [0.25, 0.3) is 0 Å². The van der Waals surface area contributed by atoms with E-state index in [-0.39, 0.29) is 0 Å². The summed E-state index contributed by atoms with van der Waals surface area (Å²) in [6, 6.07) is 17.2. The third-order valence-electron chi connectivity index (χ3n) is 4.16. The van der Waals surface area contributed by atoms with Gasteiger partial charge < -0.3 is 5.32 Å². The molecular weight excluding hydrogens is 282 g/mol. The lowest BCUT2D eigenvalue weighted by molar-refractivity contribution is 0.255. The zero-order chi connectivity index (χ0) is 14.7. The molecule has 0 amide bonds. The number of halogens is 1. The van der Waals surface area contributed by atoms with Gasteiger partial charge in [-0.25, -0.2) is 4.98 Å². The fraction of sp³-hybridized carbons (Fsp3) is 0.353. The summed E-state index contributed by atoms with van der Waals surface area (Å²) in [5.41, 5.74) is 1.37. The van der Waals surface area contributed by atoms with Crippen LogP contribution in [0.25, 0.3) is 0 Å². The molecule has 4 heteroatoms. The average molecular weight is 302 g/mol. The van der Waals surface area contributed by atoms with Crippen LogP contribution in [0.5, 0.6) is 0 Å². The molecule has 0 spiro atoms. The Morgan fingerprint density at radius 2 is 2.00 bits per heavy atom. The van der Waals surface area contributed by atoms with Crippen LogP contribution in [0.1, 0.15) is 18.9 Å².